The van der Waals surface area contributed by atoms with Crippen LogP contribution in [0.15, 0.2) is 48.5 Å². The van der Waals surface area contributed by atoms with Gasteiger partial charge in [-0.1, -0.05) is 36.4 Å². The number of nitrogens with two attached hydrogens (primary N) is 1. The molecule has 0 bridgehead atoms. The number of aromatic nitrogens is 2. The van der Waals surface area contributed by atoms with Crippen LogP contribution in [0.4, 0.5) is 0 Å². The third-order valence-electron chi connectivity index (χ3n) is 6.66. The van der Waals surface area contributed by atoms with Crippen molar-refractivity contribution < 1.29 is 14.4 Å². The molecule has 0 aliphatic heterocycles. The van der Waals surface area contributed by atoms with Crippen LogP contribution in [0.5, 0.6) is 0 Å². The van der Waals surface area contributed by atoms with E-state index in [9.17, 15) is 14.4 Å². The van der Waals surface area contributed by atoms with Gasteiger partial charge in [0.15, 0.2) is 0 Å². The monoisotopic (exact) mass is 502 g/mol. The summed E-state index contributed by atoms with van der Waals surface area (Å²) in [5, 5.41) is 10.5. The predicted octanol–water partition coefficient (Wildman–Crippen LogP) is 2.46. The molecular weight excluding hydrogens is 468 g/mol. The van der Waals surface area contributed by atoms with E-state index in [1.54, 1.807) is 13.8 Å². The van der Waals surface area contributed by atoms with Crippen LogP contribution in [-0.4, -0.2) is 45.9 Å². The molecule has 0 saturated heterocycles. The summed E-state index contributed by atoms with van der Waals surface area (Å²) in [5.41, 5.74) is 10.6. The second-order valence-corrected chi connectivity index (χ2v) is 10.0. The van der Waals surface area contributed by atoms with Crippen molar-refractivity contribution in [1.29, 1.82) is 0 Å². The minimum Gasteiger partial charge on any atom is -0.358 e. The summed E-state index contributed by atoms with van der Waals surface area (Å²) in [4.78, 5) is 44.5. The Morgan fingerprint density at radius 1 is 0.892 bits per heavy atom. The molecule has 9 nitrogen and oxygen atoms in total. The van der Waals surface area contributed by atoms with Crippen molar-refractivity contribution in [2.24, 2.45) is 5.73 Å². The second kappa shape index (κ2) is 10.5. The van der Waals surface area contributed by atoms with Gasteiger partial charge in [0, 0.05) is 46.0 Å². The first-order valence-corrected chi connectivity index (χ1v) is 12.3. The normalized spacial score (nSPS) is 13.3. The molecule has 3 amide bonds. The number of carbonyl (C=O) groups is 3. The Balaban J connectivity index is 1.61. The highest BCUT2D eigenvalue weighted by atomic mass is 16.2. The fourth-order valence-electron chi connectivity index (χ4n) is 4.66. The minimum absolute atomic E-state index is 0.253. The van der Waals surface area contributed by atoms with Crippen molar-refractivity contribution in [2.75, 3.05) is 0 Å². The van der Waals surface area contributed by atoms with Gasteiger partial charge in [-0.05, 0) is 51.0 Å². The highest BCUT2D eigenvalue weighted by molar-refractivity contribution is 5.93. The molecule has 2 aromatic carbocycles. The van der Waals surface area contributed by atoms with Gasteiger partial charge in [0.2, 0.25) is 18.2 Å². The summed E-state index contributed by atoms with van der Waals surface area (Å²) in [7, 11) is 0. The van der Waals surface area contributed by atoms with Crippen LogP contribution in [0.3, 0.4) is 0 Å². The molecule has 2 heterocycles. The first-order chi connectivity index (χ1) is 17.6. The summed E-state index contributed by atoms with van der Waals surface area (Å²) in [6, 6.07) is 14.8. The van der Waals surface area contributed by atoms with Gasteiger partial charge < -0.3 is 31.7 Å². The number of aromatic amines is 2. The Kier molecular flexibility index (Phi) is 7.35. The topological polar surface area (TPSA) is 145 Å². The Labute approximate surface area is 215 Å². The number of H-pyrrole nitrogens is 2. The van der Waals surface area contributed by atoms with Crippen LogP contribution < -0.4 is 21.7 Å². The van der Waals surface area contributed by atoms with Gasteiger partial charge in [-0.15, -0.1) is 0 Å². The van der Waals surface area contributed by atoms with Gasteiger partial charge in [0.1, 0.15) is 12.2 Å². The zero-order valence-electron chi connectivity index (χ0n) is 21.6. The third-order valence-corrected chi connectivity index (χ3v) is 6.66. The molecule has 0 radical (unpaired) electrons. The van der Waals surface area contributed by atoms with Gasteiger partial charge in [-0.3, -0.25) is 14.4 Å². The lowest BCUT2D eigenvalue weighted by molar-refractivity contribution is -0.131. The van der Waals surface area contributed by atoms with Crippen LogP contribution >= 0.6 is 0 Å². The smallest absolute Gasteiger partial charge is 0.244 e. The fraction of sp³-hybridized carbons (Fsp3) is 0.321. The lowest BCUT2D eigenvalue weighted by atomic mass is 9.99. The molecule has 0 unspecified atom stereocenters. The molecule has 4 aromatic rings. The number of amides is 3. The van der Waals surface area contributed by atoms with E-state index >= 15 is 0 Å². The highest BCUT2D eigenvalue weighted by Gasteiger charge is 2.30. The zero-order chi connectivity index (χ0) is 26.7. The van der Waals surface area contributed by atoms with E-state index in [4.69, 9.17) is 5.73 Å². The van der Waals surface area contributed by atoms with E-state index in [0.717, 1.165) is 44.3 Å². The van der Waals surface area contributed by atoms with E-state index in [1.165, 1.54) is 0 Å². The van der Waals surface area contributed by atoms with Crippen LogP contribution in [0.25, 0.3) is 21.8 Å². The maximum absolute atomic E-state index is 13.6. The maximum atomic E-state index is 13.6. The summed E-state index contributed by atoms with van der Waals surface area (Å²) in [6.45, 7) is 7.08. The Bertz CT molecular complexity index is 1450. The Hall–Kier alpha value is -4.11. The van der Waals surface area contributed by atoms with Crippen LogP contribution in [0.2, 0.25) is 0 Å². The number of carbonyl (C=O) groups excluding carboxylic acids is 3. The van der Waals surface area contributed by atoms with Gasteiger partial charge in [0.25, 0.3) is 0 Å². The molecule has 0 aliphatic rings. The molecule has 194 valence electrons. The Morgan fingerprint density at radius 2 is 1.41 bits per heavy atom. The lowest BCUT2D eigenvalue weighted by Crippen LogP contribution is -2.59. The van der Waals surface area contributed by atoms with Crippen molar-refractivity contribution >= 4 is 40.0 Å². The fourth-order valence-corrected chi connectivity index (χ4v) is 4.66. The first kappa shape index (κ1) is 26.0. The summed E-state index contributed by atoms with van der Waals surface area (Å²) in [6.07, 6.45) is 0.506. The molecule has 0 fully saturated rings. The van der Waals surface area contributed by atoms with E-state index in [0.29, 0.717) is 12.8 Å². The number of para-hydroxylation sites is 2. The summed E-state index contributed by atoms with van der Waals surface area (Å²) < 4.78 is 0. The number of hydrogen-bond acceptors (Lipinski definition) is 4. The second-order valence-electron chi connectivity index (χ2n) is 10.0. The van der Waals surface area contributed by atoms with E-state index < -0.39 is 29.6 Å². The van der Waals surface area contributed by atoms with E-state index in [-0.39, 0.29) is 6.42 Å². The quantitative estimate of drug-likeness (QED) is 0.146. The highest BCUT2D eigenvalue weighted by Crippen LogP contribution is 2.24. The molecule has 7 N–H and O–H groups in total. The Morgan fingerprint density at radius 3 is 1.92 bits per heavy atom. The zero-order valence-corrected chi connectivity index (χ0v) is 21.6. The van der Waals surface area contributed by atoms with Crippen LogP contribution in [0, 0.1) is 13.8 Å². The van der Waals surface area contributed by atoms with Crippen molar-refractivity contribution in [2.45, 2.75) is 58.3 Å². The largest absolute Gasteiger partial charge is 0.358 e. The number of aryl methyl sites for hydroxylation is 2. The van der Waals surface area contributed by atoms with Crippen molar-refractivity contribution in [3.05, 3.63) is 71.0 Å². The molecule has 0 saturated carbocycles. The maximum Gasteiger partial charge on any atom is 0.244 e. The molecule has 0 spiro atoms. The standard InChI is InChI=1S/C28H34N6O3/c1-16-20(18-9-5-7-11-22(18)31-16)13-24(33-27(37)28(3,4)29)26(36)34-25(30-15-35)14-21-17(2)32-23-12-8-6-10-19(21)23/h5-12,15,24-25,31-32H,13-14,29H2,1-4H3,(H,30,35)(H,33,37)(H,34,36)/t24-,25+/m1/s1. The van der Waals surface area contributed by atoms with Crippen molar-refractivity contribution in [3.63, 3.8) is 0 Å². The van der Waals surface area contributed by atoms with Crippen LogP contribution in [-0.2, 0) is 27.2 Å². The SMILES string of the molecule is Cc1[nH]c2ccccc2c1C[C@@H](NC=O)NC(=O)[C@@H](Cc1c(C)[nH]c2ccccc12)NC(=O)C(C)(C)N. The van der Waals surface area contributed by atoms with E-state index in [2.05, 4.69) is 25.9 Å². The molecule has 4 rings (SSSR count). The molecule has 37 heavy (non-hydrogen) atoms. The van der Waals surface area contributed by atoms with Gasteiger partial charge in [0.05, 0.1) is 5.54 Å². The van der Waals surface area contributed by atoms with Crippen LogP contribution in [0.1, 0.15) is 36.4 Å². The lowest BCUT2D eigenvalue weighted by Gasteiger charge is -2.26. The molecule has 0 aliphatic carbocycles. The summed E-state index contributed by atoms with van der Waals surface area (Å²) >= 11 is 0. The number of fused-ring (bicyclic) bond motifs is 2. The number of nitrogens with one attached hydrogen (secondary N) is 5. The van der Waals surface area contributed by atoms with Crippen molar-refractivity contribution in [1.82, 2.24) is 25.9 Å². The number of hydrogen-bond donors (Lipinski definition) is 6. The average molecular weight is 503 g/mol. The average Bonchev–Trinajstić information content (AvgIpc) is 3.33. The van der Waals surface area contributed by atoms with Gasteiger partial charge in [-0.25, -0.2) is 0 Å². The molecule has 2 atom stereocenters. The van der Waals surface area contributed by atoms with E-state index in [1.807, 2.05) is 62.4 Å². The van der Waals surface area contributed by atoms with Gasteiger partial charge in [-0.2, -0.15) is 0 Å². The number of rotatable bonds is 10. The molecular formula is C28H34N6O3. The minimum atomic E-state index is -1.17. The summed E-state index contributed by atoms with van der Waals surface area (Å²) in [5.74, 6) is -0.864. The van der Waals surface area contributed by atoms with Gasteiger partial charge >= 0.3 is 0 Å². The first-order valence-electron chi connectivity index (χ1n) is 12.3. The van der Waals surface area contributed by atoms with Crippen molar-refractivity contribution in [3.8, 4) is 0 Å². The predicted molar refractivity (Wildman–Crippen MR) is 145 cm³/mol. The molecule has 9 heteroatoms. The molecule has 2 aromatic heterocycles. The third kappa shape index (κ3) is 5.67. The number of benzene rings is 2.